The van der Waals surface area contributed by atoms with Crippen molar-refractivity contribution in [1.29, 1.82) is 0 Å². The summed E-state index contributed by atoms with van der Waals surface area (Å²) in [6.07, 6.45) is 1.04. The molecule has 1 saturated heterocycles. The van der Waals surface area contributed by atoms with Gasteiger partial charge in [0.1, 0.15) is 11.6 Å². The van der Waals surface area contributed by atoms with E-state index in [0.29, 0.717) is 11.6 Å². The Labute approximate surface area is 88.3 Å². The van der Waals surface area contributed by atoms with Gasteiger partial charge in [-0.3, -0.25) is 4.79 Å². The molecule has 82 valence electrons. The van der Waals surface area contributed by atoms with Crippen LogP contribution in [0.1, 0.15) is 19.2 Å². The third kappa shape index (κ3) is 2.36. The van der Waals surface area contributed by atoms with Crippen LogP contribution in [0.15, 0.2) is 10.9 Å². The summed E-state index contributed by atoms with van der Waals surface area (Å²) in [5.41, 5.74) is -0.104. The summed E-state index contributed by atoms with van der Waals surface area (Å²) in [5, 5.41) is 6.59. The van der Waals surface area contributed by atoms with Crippen molar-refractivity contribution in [2.75, 3.05) is 18.4 Å². The molecular formula is C10H16N4O. The molecule has 0 aliphatic carbocycles. The lowest BCUT2D eigenvalue weighted by Gasteiger charge is -2.24. The van der Waals surface area contributed by atoms with Crippen LogP contribution >= 0.6 is 0 Å². The van der Waals surface area contributed by atoms with E-state index in [0.717, 1.165) is 19.5 Å². The van der Waals surface area contributed by atoms with Crippen molar-refractivity contribution in [3.63, 3.8) is 0 Å². The van der Waals surface area contributed by atoms with E-state index in [1.54, 1.807) is 6.92 Å². The molecular weight excluding hydrogens is 192 g/mol. The molecule has 1 fully saturated rings. The highest BCUT2D eigenvalue weighted by Crippen LogP contribution is 2.18. The first-order chi connectivity index (χ1) is 7.07. The summed E-state index contributed by atoms with van der Waals surface area (Å²) < 4.78 is 0. The number of rotatable bonds is 2. The maximum Gasteiger partial charge on any atom is 0.252 e. The number of hydrogen-bond donors (Lipinski definition) is 3. The highest BCUT2D eigenvalue weighted by atomic mass is 16.1. The lowest BCUT2D eigenvalue weighted by atomic mass is 10.0. The van der Waals surface area contributed by atoms with Crippen LogP contribution in [0.2, 0.25) is 0 Å². The molecule has 5 nitrogen and oxygen atoms in total. The average molecular weight is 208 g/mol. The molecule has 1 atom stereocenters. The van der Waals surface area contributed by atoms with Gasteiger partial charge in [-0.05, 0) is 26.8 Å². The minimum atomic E-state index is -0.112. The van der Waals surface area contributed by atoms with Gasteiger partial charge in [0.05, 0.1) is 0 Å². The topological polar surface area (TPSA) is 69.8 Å². The molecule has 1 unspecified atom stereocenters. The highest BCUT2D eigenvalue weighted by molar-refractivity contribution is 5.37. The van der Waals surface area contributed by atoms with E-state index >= 15 is 0 Å². The van der Waals surface area contributed by atoms with Gasteiger partial charge < -0.3 is 15.6 Å². The van der Waals surface area contributed by atoms with Crippen LogP contribution < -0.4 is 16.2 Å². The van der Waals surface area contributed by atoms with Crippen LogP contribution in [-0.4, -0.2) is 28.6 Å². The molecule has 1 aromatic rings. The molecule has 2 heterocycles. The van der Waals surface area contributed by atoms with Crippen LogP contribution in [0.25, 0.3) is 0 Å². The van der Waals surface area contributed by atoms with Crippen molar-refractivity contribution in [3.05, 3.63) is 22.2 Å². The Morgan fingerprint density at radius 3 is 3.00 bits per heavy atom. The van der Waals surface area contributed by atoms with Gasteiger partial charge in [-0.1, -0.05) is 0 Å². The van der Waals surface area contributed by atoms with E-state index in [1.165, 1.54) is 6.07 Å². The summed E-state index contributed by atoms with van der Waals surface area (Å²) in [5.74, 6) is 1.29. The minimum absolute atomic E-state index is 0.00718. The Morgan fingerprint density at radius 1 is 1.60 bits per heavy atom. The maximum atomic E-state index is 11.2. The summed E-state index contributed by atoms with van der Waals surface area (Å²) in [4.78, 5) is 18.1. The second-order valence-corrected chi connectivity index (χ2v) is 4.33. The van der Waals surface area contributed by atoms with Gasteiger partial charge in [-0.2, -0.15) is 0 Å². The van der Waals surface area contributed by atoms with Crippen LogP contribution in [-0.2, 0) is 0 Å². The van der Waals surface area contributed by atoms with Crippen molar-refractivity contribution in [2.24, 2.45) is 0 Å². The van der Waals surface area contributed by atoms with E-state index in [9.17, 15) is 4.79 Å². The largest absolute Gasteiger partial charge is 0.363 e. The number of anilines is 1. The summed E-state index contributed by atoms with van der Waals surface area (Å²) in [6, 6.07) is 1.50. The van der Waals surface area contributed by atoms with Gasteiger partial charge in [0.25, 0.3) is 5.56 Å². The van der Waals surface area contributed by atoms with Gasteiger partial charge in [0.2, 0.25) is 0 Å². The second kappa shape index (κ2) is 3.66. The molecule has 0 radical (unpaired) electrons. The Morgan fingerprint density at radius 2 is 2.40 bits per heavy atom. The number of aromatic nitrogens is 2. The first kappa shape index (κ1) is 10.2. The van der Waals surface area contributed by atoms with E-state index in [4.69, 9.17) is 0 Å². The fraction of sp³-hybridized carbons (Fsp3) is 0.600. The molecule has 0 bridgehead atoms. The van der Waals surface area contributed by atoms with E-state index < -0.39 is 0 Å². The summed E-state index contributed by atoms with van der Waals surface area (Å²) in [6.45, 7) is 5.82. The predicted molar refractivity (Wildman–Crippen MR) is 59.1 cm³/mol. The Bertz CT molecular complexity index is 406. The number of nitrogens with one attached hydrogen (secondary N) is 3. The van der Waals surface area contributed by atoms with Gasteiger partial charge in [0, 0.05) is 18.2 Å². The number of hydrogen-bond acceptors (Lipinski definition) is 4. The van der Waals surface area contributed by atoms with Crippen molar-refractivity contribution < 1.29 is 0 Å². The van der Waals surface area contributed by atoms with Crippen molar-refractivity contribution in [3.8, 4) is 0 Å². The number of aromatic amines is 1. The standard InChI is InChI=1S/C10H16N4O/c1-7-12-8(5-9(15)13-7)14-10(2)3-4-11-6-10/h5,11H,3-4,6H2,1-2H3,(H2,12,13,14,15). The van der Waals surface area contributed by atoms with E-state index in [1.807, 2.05) is 0 Å². The molecule has 0 aromatic carbocycles. The summed E-state index contributed by atoms with van der Waals surface area (Å²) in [7, 11) is 0. The van der Waals surface area contributed by atoms with Gasteiger partial charge in [0.15, 0.2) is 0 Å². The van der Waals surface area contributed by atoms with Crippen LogP contribution in [0, 0.1) is 6.92 Å². The Balaban J connectivity index is 2.20. The number of aryl methyl sites for hydroxylation is 1. The quantitative estimate of drug-likeness (QED) is 0.651. The zero-order valence-corrected chi connectivity index (χ0v) is 9.05. The van der Waals surface area contributed by atoms with Crippen LogP contribution in [0.4, 0.5) is 5.82 Å². The molecule has 2 rings (SSSR count). The minimum Gasteiger partial charge on any atom is -0.363 e. The SMILES string of the molecule is Cc1nc(NC2(C)CCNC2)cc(=O)[nH]1. The fourth-order valence-corrected chi connectivity index (χ4v) is 1.88. The van der Waals surface area contributed by atoms with Crippen molar-refractivity contribution >= 4 is 5.82 Å². The number of nitrogens with zero attached hydrogens (tertiary/aromatic N) is 1. The molecule has 5 heteroatoms. The zero-order valence-electron chi connectivity index (χ0n) is 9.05. The number of H-pyrrole nitrogens is 1. The Kier molecular flexibility index (Phi) is 2.48. The molecule has 3 N–H and O–H groups in total. The van der Waals surface area contributed by atoms with Crippen LogP contribution in [0.5, 0.6) is 0 Å². The first-order valence-electron chi connectivity index (χ1n) is 5.14. The smallest absolute Gasteiger partial charge is 0.252 e. The van der Waals surface area contributed by atoms with Gasteiger partial charge in [-0.15, -0.1) is 0 Å². The zero-order chi connectivity index (χ0) is 10.9. The average Bonchev–Trinajstić information content (AvgIpc) is 2.49. The lowest BCUT2D eigenvalue weighted by molar-refractivity contribution is 0.563. The molecule has 1 aliphatic rings. The normalized spacial score (nSPS) is 25.5. The predicted octanol–water partition coefficient (Wildman–Crippen LogP) is 0.242. The highest BCUT2D eigenvalue weighted by Gasteiger charge is 2.28. The molecule has 0 amide bonds. The Hall–Kier alpha value is -1.36. The molecule has 1 aromatic heterocycles. The van der Waals surface area contributed by atoms with Crippen molar-refractivity contribution in [2.45, 2.75) is 25.8 Å². The lowest BCUT2D eigenvalue weighted by Crippen LogP contribution is -2.37. The second-order valence-electron chi connectivity index (χ2n) is 4.33. The van der Waals surface area contributed by atoms with Gasteiger partial charge in [-0.25, -0.2) is 4.98 Å². The van der Waals surface area contributed by atoms with Gasteiger partial charge >= 0.3 is 0 Å². The van der Waals surface area contributed by atoms with E-state index in [-0.39, 0.29) is 11.1 Å². The molecule has 0 spiro atoms. The monoisotopic (exact) mass is 208 g/mol. The molecule has 15 heavy (non-hydrogen) atoms. The molecule has 0 saturated carbocycles. The third-order valence-corrected chi connectivity index (χ3v) is 2.66. The van der Waals surface area contributed by atoms with Crippen LogP contribution in [0.3, 0.4) is 0 Å². The van der Waals surface area contributed by atoms with Crippen molar-refractivity contribution in [1.82, 2.24) is 15.3 Å². The molecule has 1 aliphatic heterocycles. The van der Waals surface area contributed by atoms with E-state index in [2.05, 4.69) is 27.5 Å². The maximum absolute atomic E-state index is 11.2. The fourth-order valence-electron chi connectivity index (χ4n) is 1.88. The third-order valence-electron chi connectivity index (χ3n) is 2.66. The first-order valence-corrected chi connectivity index (χ1v) is 5.14. The summed E-state index contributed by atoms with van der Waals surface area (Å²) >= 11 is 0.